The Bertz CT molecular complexity index is 721. The quantitative estimate of drug-likeness (QED) is 0.658. The van der Waals surface area contributed by atoms with E-state index in [4.69, 9.17) is 4.74 Å². The molecule has 2 rings (SSSR count). The maximum absolute atomic E-state index is 13.3. The van der Waals surface area contributed by atoms with Crippen molar-refractivity contribution in [3.05, 3.63) is 58.9 Å². The van der Waals surface area contributed by atoms with Crippen LogP contribution >= 0.6 is 0 Å². The summed E-state index contributed by atoms with van der Waals surface area (Å²) in [6.45, 7) is 3.22. The number of ether oxygens (including phenoxy) is 1. The maximum atomic E-state index is 13.3. The third kappa shape index (κ3) is 4.54. The first-order valence-electron chi connectivity index (χ1n) is 6.97. The molecular weight excluding hydrogens is 299 g/mol. The smallest absolute Gasteiger partial charge is 0.277 e. The van der Waals surface area contributed by atoms with E-state index in [0.717, 1.165) is 16.7 Å². The number of benzene rings is 2. The number of amides is 1. The van der Waals surface area contributed by atoms with E-state index in [1.165, 1.54) is 24.4 Å². The summed E-state index contributed by atoms with van der Waals surface area (Å²) in [7, 11) is 0. The van der Waals surface area contributed by atoms with Crippen LogP contribution < -0.4 is 10.2 Å². The van der Waals surface area contributed by atoms with Gasteiger partial charge in [-0.15, -0.1) is 0 Å². The summed E-state index contributed by atoms with van der Waals surface area (Å²) in [6.07, 6.45) is 1.46. The number of carbonyl (C=O) groups excluding carboxylic acids is 1. The number of aryl methyl sites for hydroxylation is 2. The Hall–Kier alpha value is -2.89. The van der Waals surface area contributed by atoms with Crippen molar-refractivity contribution in [1.82, 2.24) is 5.43 Å². The monoisotopic (exact) mass is 316 g/mol. The van der Waals surface area contributed by atoms with Gasteiger partial charge in [0, 0.05) is 0 Å². The molecule has 0 saturated heterocycles. The van der Waals surface area contributed by atoms with Crippen molar-refractivity contribution < 1.29 is 19.0 Å². The molecule has 0 radical (unpaired) electrons. The zero-order valence-corrected chi connectivity index (χ0v) is 12.8. The van der Waals surface area contributed by atoms with Crippen LogP contribution in [0.25, 0.3) is 0 Å². The Morgan fingerprint density at radius 1 is 1.30 bits per heavy atom. The molecule has 23 heavy (non-hydrogen) atoms. The van der Waals surface area contributed by atoms with Gasteiger partial charge in [0.25, 0.3) is 5.91 Å². The summed E-state index contributed by atoms with van der Waals surface area (Å²) in [4.78, 5) is 11.6. The standard InChI is InChI=1S/C17H17FN2O3/c1-11-7-13(8-12(2)17(11)22)9-19-20-16(21)10-23-15-6-4-3-5-14(15)18/h3-9,22H,10H2,1-2H3,(H,20,21)/b19-9+. The van der Waals surface area contributed by atoms with Crippen LogP contribution in [0.1, 0.15) is 16.7 Å². The Labute approximate surface area is 133 Å². The molecule has 0 aromatic heterocycles. The number of rotatable bonds is 5. The number of phenolic OH excluding ortho intramolecular Hbond substituents is 1. The minimum Gasteiger partial charge on any atom is -0.507 e. The minimum absolute atomic E-state index is 0.0106. The van der Waals surface area contributed by atoms with Crippen LogP contribution in [0.4, 0.5) is 4.39 Å². The first-order chi connectivity index (χ1) is 11.0. The van der Waals surface area contributed by atoms with Gasteiger partial charge in [-0.05, 0) is 54.8 Å². The summed E-state index contributed by atoms with van der Waals surface area (Å²) in [5, 5.41) is 13.5. The van der Waals surface area contributed by atoms with Gasteiger partial charge in [-0.3, -0.25) is 4.79 Å². The lowest BCUT2D eigenvalue weighted by atomic mass is 10.1. The van der Waals surface area contributed by atoms with Gasteiger partial charge >= 0.3 is 0 Å². The van der Waals surface area contributed by atoms with Gasteiger partial charge in [-0.2, -0.15) is 5.10 Å². The predicted octanol–water partition coefficient (Wildman–Crippen LogP) is 2.68. The van der Waals surface area contributed by atoms with Crippen LogP contribution in [0, 0.1) is 19.7 Å². The van der Waals surface area contributed by atoms with Crippen LogP contribution in [0.2, 0.25) is 0 Å². The number of hydrogen-bond donors (Lipinski definition) is 2. The molecule has 0 saturated carbocycles. The van der Waals surface area contributed by atoms with Crippen LogP contribution in [-0.2, 0) is 4.79 Å². The number of hydrogen-bond acceptors (Lipinski definition) is 4. The number of phenols is 1. The summed E-state index contributed by atoms with van der Waals surface area (Å²) in [6, 6.07) is 9.33. The SMILES string of the molecule is Cc1cc(/C=N/NC(=O)COc2ccccc2F)cc(C)c1O. The lowest BCUT2D eigenvalue weighted by Crippen LogP contribution is -2.24. The minimum atomic E-state index is -0.529. The molecule has 0 aliphatic heterocycles. The van der Waals surface area contributed by atoms with E-state index in [1.54, 1.807) is 32.0 Å². The Morgan fingerprint density at radius 3 is 2.61 bits per heavy atom. The summed E-state index contributed by atoms with van der Waals surface area (Å²) in [5.41, 5.74) is 4.48. The van der Waals surface area contributed by atoms with Gasteiger partial charge in [0.05, 0.1) is 6.21 Å². The van der Waals surface area contributed by atoms with Gasteiger partial charge in [0.15, 0.2) is 18.2 Å². The van der Waals surface area contributed by atoms with E-state index >= 15 is 0 Å². The van der Waals surface area contributed by atoms with Gasteiger partial charge < -0.3 is 9.84 Å². The number of nitrogens with zero attached hydrogens (tertiary/aromatic N) is 1. The average molecular weight is 316 g/mol. The number of nitrogens with one attached hydrogen (secondary N) is 1. The van der Waals surface area contributed by atoms with Crippen LogP contribution in [0.3, 0.4) is 0 Å². The maximum Gasteiger partial charge on any atom is 0.277 e. The third-order valence-electron chi connectivity index (χ3n) is 3.11. The highest BCUT2D eigenvalue weighted by atomic mass is 19.1. The number of aromatic hydroxyl groups is 1. The average Bonchev–Trinajstić information content (AvgIpc) is 2.52. The van der Waals surface area contributed by atoms with E-state index in [-0.39, 0.29) is 18.1 Å². The van der Waals surface area contributed by atoms with Crippen LogP contribution in [0.5, 0.6) is 11.5 Å². The summed E-state index contributed by atoms with van der Waals surface area (Å²) < 4.78 is 18.4. The van der Waals surface area contributed by atoms with Crippen molar-refractivity contribution in [2.24, 2.45) is 5.10 Å². The molecule has 1 amide bonds. The summed E-state index contributed by atoms with van der Waals surface area (Å²) in [5.74, 6) is -0.781. The molecule has 0 heterocycles. The van der Waals surface area contributed by atoms with Crippen LogP contribution in [-0.4, -0.2) is 23.8 Å². The molecule has 0 bridgehead atoms. The van der Waals surface area contributed by atoms with Gasteiger partial charge in [-0.25, -0.2) is 9.82 Å². The molecule has 0 spiro atoms. The molecule has 0 aliphatic rings. The van der Waals surface area contributed by atoms with Gasteiger partial charge in [0.1, 0.15) is 5.75 Å². The fourth-order valence-electron chi connectivity index (χ4n) is 1.98. The highest BCUT2D eigenvalue weighted by Gasteiger charge is 2.05. The first kappa shape index (κ1) is 16.5. The predicted molar refractivity (Wildman–Crippen MR) is 85.2 cm³/mol. The van der Waals surface area contributed by atoms with E-state index < -0.39 is 11.7 Å². The molecular formula is C17H17FN2O3. The fourth-order valence-corrected chi connectivity index (χ4v) is 1.98. The largest absolute Gasteiger partial charge is 0.507 e. The molecule has 2 aromatic rings. The molecule has 2 aromatic carbocycles. The molecule has 6 heteroatoms. The first-order valence-corrected chi connectivity index (χ1v) is 6.97. The highest BCUT2D eigenvalue weighted by Crippen LogP contribution is 2.22. The molecule has 0 aliphatic carbocycles. The lowest BCUT2D eigenvalue weighted by Gasteiger charge is -2.06. The fraction of sp³-hybridized carbons (Fsp3) is 0.176. The second-order valence-corrected chi connectivity index (χ2v) is 5.02. The molecule has 2 N–H and O–H groups in total. The van der Waals surface area contributed by atoms with E-state index in [2.05, 4.69) is 10.5 Å². The van der Waals surface area contributed by atoms with Crippen molar-refractivity contribution in [1.29, 1.82) is 0 Å². The molecule has 120 valence electrons. The Balaban J connectivity index is 1.88. The molecule has 0 unspecified atom stereocenters. The lowest BCUT2D eigenvalue weighted by molar-refractivity contribution is -0.123. The van der Waals surface area contributed by atoms with Crippen molar-refractivity contribution >= 4 is 12.1 Å². The summed E-state index contributed by atoms with van der Waals surface area (Å²) >= 11 is 0. The number of halogens is 1. The van der Waals surface area contributed by atoms with Crippen molar-refractivity contribution in [2.45, 2.75) is 13.8 Å². The molecule has 0 fully saturated rings. The molecule has 5 nitrogen and oxygen atoms in total. The number of carbonyl (C=O) groups is 1. The second-order valence-electron chi connectivity index (χ2n) is 5.02. The van der Waals surface area contributed by atoms with Gasteiger partial charge in [-0.1, -0.05) is 12.1 Å². The number of para-hydroxylation sites is 1. The zero-order chi connectivity index (χ0) is 16.8. The van der Waals surface area contributed by atoms with Gasteiger partial charge in [0.2, 0.25) is 0 Å². The second kappa shape index (κ2) is 7.40. The van der Waals surface area contributed by atoms with E-state index in [1.807, 2.05) is 0 Å². The zero-order valence-electron chi connectivity index (χ0n) is 12.8. The highest BCUT2D eigenvalue weighted by molar-refractivity contribution is 5.83. The van der Waals surface area contributed by atoms with E-state index in [9.17, 15) is 14.3 Å². The van der Waals surface area contributed by atoms with E-state index in [0.29, 0.717) is 0 Å². The normalized spacial score (nSPS) is 10.7. The number of hydrazone groups is 1. The Kier molecular flexibility index (Phi) is 5.30. The van der Waals surface area contributed by atoms with Crippen molar-refractivity contribution in [2.75, 3.05) is 6.61 Å². The van der Waals surface area contributed by atoms with Crippen molar-refractivity contribution in [3.8, 4) is 11.5 Å². The molecule has 0 atom stereocenters. The Morgan fingerprint density at radius 2 is 1.96 bits per heavy atom. The van der Waals surface area contributed by atoms with Crippen LogP contribution in [0.15, 0.2) is 41.5 Å². The third-order valence-corrected chi connectivity index (χ3v) is 3.11. The topological polar surface area (TPSA) is 70.9 Å². The van der Waals surface area contributed by atoms with Crippen molar-refractivity contribution in [3.63, 3.8) is 0 Å².